The Morgan fingerprint density at radius 3 is 3.12 bits per heavy atom. The second-order valence-electron chi connectivity index (χ2n) is 3.81. The lowest BCUT2D eigenvalue weighted by Crippen LogP contribution is -2.32. The second kappa shape index (κ2) is 4.53. The van der Waals surface area contributed by atoms with E-state index in [-0.39, 0.29) is 5.97 Å². The average Bonchev–Trinajstić information content (AvgIpc) is 2.36. The maximum atomic E-state index is 11.3. The zero-order valence-corrected chi connectivity index (χ0v) is 9.23. The van der Waals surface area contributed by atoms with E-state index in [9.17, 15) is 4.79 Å². The van der Waals surface area contributed by atoms with E-state index in [1.54, 1.807) is 0 Å². The zero-order chi connectivity index (χ0) is 11.5. The predicted molar refractivity (Wildman–Crippen MR) is 59.1 cm³/mol. The van der Waals surface area contributed by atoms with E-state index in [4.69, 9.17) is 10.5 Å². The minimum absolute atomic E-state index is 0.312. The van der Waals surface area contributed by atoms with Crippen LogP contribution in [0.2, 0.25) is 0 Å². The molecule has 4 nitrogen and oxygen atoms in total. The number of nitrogens with two attached hydrogens (primary N) is 1. The third kappa shape index (κ3) is 2.02. The van der Waals surface area contributed by atoms with Gasteiger partial charge in [-0.3, -0.25) is 0 Å². The number of aryl methyl sites for hydroxylation is 1. The molecule has 2 rings (SSSR count). The van der Waals surface area contributed by atoms with Crippen LogP contribution in [0.5, 0.6) is 5.75 Å². The summed E-state index contributed by atoms with van der Waals surface area (Å²) >= 11 is 0. The molecule has 1 heterocycles. The molecule has 0 spiro atoms. The van der Waals surface area contributed by atoms with Crippen LogP contribution in [-0.2, 0) is 22.5 Å². The number of methoxy groups -OCH3 is 1. The van der Waals surface area contributed by atoms with E-state index in [1.807, 2.05) is 18.2 Å². The van der Waals surface area contributed by atoms with Crippen LogP contribution < -0.4 is 10.5 Å². The Morgan fingerprint density at radius 1 is 1.62 bits per heavy atom. The average molecular weight is 221 g/mol. The van der Waals surface area contributed by atoms with Crippen LogP contribution in [0.4, 0.5) is 0 Å². The third-order valence-corrected chi connectivity index (χ3v) is 2.77. The first kappa shape index (κ1) is 11.0. The van der Waals surface area contributed by atoms with Crippen molar-refractivity contribution in [1.29, 1.82) is 0 Å². The van der Waals surface area contributed by atoms with Gasteiger partial charge in [0, 0.05) is 6.54 Å². The van der Waals surface area contributed by atoms with Crippen LogP contribution in [0.3, 0.4) is 0 Å². The molecule has 0 bridgehead atoms. The summed E-state index contributed by atoms with van der Waals surface area (Å²) in [5, 5.41) is 0. The lowest BCUT2D eigenvalue weighted by Gasteiger charge is -2.24. The first-order valence-electron chi connectivity index (χ1n) is 5.31. The van der Waals surface area contributed by atoms with Crippen LogP contribution in [-0.4, -0.2) is 19.2 Å². The van der Waals surface area contributed by atoms with Crippen LogP contribution in [0.15, 0.2) is 18.2 Å². The number of esters is 1. The van der Waals surface area contributed by atoms with Gasteiger partial charge in [-0.2, -0.15) is 0 Å². The highest BCUT2D eigenvalue weighted by Crippen LogP contribution is 2.28. The van der Waals surface area contributed by atoms with Crippen molar-refractivity contribution in [3.05, 3.63) is 29.3 Å². The van der Waals surface area contributed by atoms with E-state index in [1.165, 1.54) is 7.11 Å². The minimum atomic E-state index is -0.471. The molecule has 0 fully saturated rings. The quantitative estimate of drug-likeness (QED) is 0.757. The summed E-state index contributed by atoms with van der Waals surface area (Å²) < 4.78 is 10.2. The summed E-state index contributed by atoms with van der Waals surface area (Å²) in [4.78, 5) is 11.3. The van der Waals surface area contributed by atoms with Crippen molar-refractivity contribution in [2.24, 2.45) is 5.73 Å². The van der Waals surface area contributed by atoms with Crippen molar-refractivity contribution in [1.82, 2.24) is 0 Å². The molecule has 16 heavy (non-hydrogen) atoms. The lowest BCUT2D eigenvalue weighted by atomic mass is 10.00. The normalized spacial score (nSPS) is 18.5. The van der Waals surface area contributed by atoms with Gasteiger partial charge < -0.3 is 15.2 Å². The molecule has 1 atom stereocenters. The fourth-order valence-corrected chi connectivity index (χ4v) is 1.87. The summed E-state index contributed by atoms with van der Waals surface area (Å²) in [5.41, 5.74) is 7.76. The largest absolute Gasteiger partial charge is 0.478 e. The SMILES string of the molecule is COC(=O)[C@@H]1CCc2cc(CN)ccc2O1. The molecule has 2 N–H and O–H groups in total. The Balaban J connectivity index is 2.18. The highest BCUT2D eigenvalue weighted by atomic mass is 16.6. The Morgan fingerprint density at radius 2 is 2.44 bits per heavy atom. The van der Waals surface area contributed by atoms with Crippen molar-refractivity contribution in [2.75, 3.05) is 7.11 Å². The molecule has 86 valence electrons. The molecular formula is C12H15NO3. The first-order valence-corrected chi connectivity index (χ1v) is 5.31. The Hall–Kier alpha value is -1.55. The summed E-state index contributed by atoms with van der Waals surface area (Å²) in [6.45, 7) is 0.522. The standard InChI is InChI=1S/C12H15NO3/c1-15-12(14)11-5-3-9-6-8(7-13)2-4-10(9)16-11/h2,4,6,11H,3,5,7,13H2,1H3/t11-/m0/s1. The highest BCUT2D eigenvalue weighted by Gasteiger charge is 2.26. The first-order chi connectivity index (χ1) is 7.74. The number of rotatable bonds is 2. The van der Waals surface area contributed by atoms with Gasteiger partial charge in [0.2, 0.25) is 0 Å². The van der Waals surface area contributed by atoms with E-state index < -0.39 is 6.10 Å². The van der Waals surface area contributed by atoms with Gasteiger partial charge in [-0.05, 0) is 30.0 Å². The molecule has 0 aliphatic carbocycles. The smallest absolute Gasteiger partial charge is 0.347 e. The van der Waals surface area contributed by atoms with Crippen molar-refractivity contribution >= 4 is 5.97 Å². The fourth-order valence-electron chi connectivity index (χ4n) is 1.87. The third-order valence-electron chi connectivity index (χ3n) is 2.77. The van der Waals surface area contributed by atoms with Gasteiger partial charge in [-0.1, -0.05) is 12.1 Å². The molecule has 4 heteroatoms. The highest BCUT2D eigenvalue weighted by molar-refractivity contribution is 5.75. The molecule has 0 unspecified atom stereocenters. The topological polar surface area (TPSA) is 61.5 Å². The summed E-state index contributed by atoms with van der Waals surface area (Å²) in [5.74, 6) is 0.451. The van der Waals surface area contributed by atoms with Crippen LogP contribution in [0.25, 0.3) is 0 Å². The van der Waals surface area contributed by atoms with Gasteiger partial charge in [-0.15, -0.1) is 0 Å². The Labute approximate surface area is 94.3 Å². The number of benzene rings is 1. The molecule has 0 saturated carbocycles. The maximum Gasteiger partial charge on any atom is 0.347 e. The van der Waals surface area contributed by atoms with E-state index in [0.717, 1.165) is 23.3 Å². The van der Waals surface area contributed by atoms with Crippen LogP contribution in [0.1, 0.15) is 17.5 Å². The maximum absolute atomic E-state index is 11.3. The molecule has 0 aromatic heterocycles. The molecular weight excluding hydrogens is 206 g/mol. The lowest BCUT2D eigenvalue weighted by molar-refractivity contribution is -0.149. The Kier molecular flexibility index (Phi) is 3.10. The van der Waals surface area contributed by atoms with Crippen molar-refractivity contribution in [2.45, 2.75) is 25.5 Å². The van der Waals surface area contributed by atoms with Crippen molar-refractivity contribution in [3.8, 4) is 5.75 Å². The number of hydrogen-bond donors (Lipinski definition) is 1. The summed E-state index contributed by atoms with van der Waals surface area (Å²) in [6, 6.07) is 5.81. The molecule has 1 aliphatic heterocycles. The molecule has 1 aromatic carbocycles. The monoisotopic (exact) mass is 221 g/mol. The van der Waals surface area contributed by atoms with Crippen molar-refractivity contribution in [3.63, 3.8) is 0 Å². The molecule has 0 radical (unpaired) electrons. The van der Waals surface area contributed by atoms with Gasteiger partial charge >= 0.3 is 5.97 Å². The van der Waals surface area contributed by atoms with Gasteiger partial charge in [0.25, 0.3) is 0 Å². The zero-order valence-electron chi connectivity index (χ0n) is 9.23. The Bertz CT molecular complexity index is 403. The van der Waals surface area contributed by atoms with Gasteiger partial charge in [0.05, 0.1) is 7.11 Å². The second-order valence-corrected chi connectivity index (χ2v) is 3.81. The number of fused-ring (bicyclic) bond motifs is 1. The minimum Gasteiger partial charge on any atom is -0.478 e. The number of carbonyl (C=O) groups excluding carboxylic acids is 1. The fraction of sp³-hybridized carbons (Fsp3) is 0.417. The number of hydrogen-bond acceptors (Lipinski definition) is 4. The number of ether oxygens (including phenoxy) is 2. The molecule has 0 amide bonds. The summed E-state index contributed by atoms with van der Waals surface area (Å²) in [7, 11) is 1.37. The van der Waals surface area contributed by atoms with Gasteiger partial charge in [0.15, 0.2) is 6.10 Å². The van der Waals surface area contributed by atoms with E-state index in [2.05, 4.69) is 4.74 Å². The van der Waals surface area contributed by atoms with Gasteiger partial charge in [0.1, 0.15) is 5.75 Å². The number of carbonyl (C=O) groups is 1. The van der Waals surface area contributed by atoms with Crippen molar-refractivity contribution < 1.29 is 14.3 Å². The van der Waals surface area contributed by atoms with E-state index in [0.29, 0.717) is 13.0 Å². The van der Waals surface area contributed by atoms with E-state index >= 15 is 0 Å². The molecule has 1 aromatic rings. The predicted octanol–water partition coefficient (Wildman–Crippen LogP) is 1.01. The van der Waals surface area contributed by atoms with Crippen LogP contribution >= 0.6 is 0 Å². The van der Waals surface area contributed by atoms with Gasteiger partial charge in [-0.25, -0.2) is 4.79 Å². The summed E-state index contributed by atoms with van der Waals surface area (Å²) in [6.07, 6.45) is 1.01. The molecule has 1 aliphatic rings. The molecule has 0 saturated heterocycles. The van der Waals surface area contributed by atoms with Crippen LogP contribution in [0, 0.1) is 0 Å².